The number of carbonyl (C=O) groups excluding carboxylic acids is 3. The predicted octanol–water partition coefficient (Wildman–Crippen LogP) is -0.117. The van der Waals surface area contributed by atoms with Gasteiger partial charge in [0, 0.05) is 0 Å². The minimum atomic E-state index is -2.76. The average molecular weight is 166 g/mol. The Morgan fingerprint density at radius 3 is 1.25 bits per heavy atom. The fourth-order valence-corrected chi connectivity index (χ4v) is 1.13. The Labute approximate surface area is 70.5 Å². The maximum absolute atomic E-state index is 10.9. The lowest BCUT2D eigenvalue weighted by Gasteiger charge is -2.22. The molecule has 0 aliphatic rings. The summed E-state index contributed by atoms with van der Waals surface area (Å²) in [4.78, 5) is 32.8. The average Bonchev–Trinajstić information content (AvgIpc) is 1.86. The van der Waals surface area contributed by atoms with Gasteiger partial charge in [0.2, 0.25) is 0 Å². The summed E-state index contributed by atoms with van der Waals surface area (Å²) in [7, 11) is 0. The van der Waals surface area contributed by atoms with E-state index in [9.17, 15) is 14.4 Å². The second-order valence-electron chi connectivity index (χ2n) is 2.83. The molecular weight excluding hydrogens is 157 g/mol. The SMILES string of the molecule is CC(=O)[B-](C#N)(C(C)=O)C(C)=O. The molecule has 0 rings (SSSR count). The Morgan fingerprint density at radius 2 is 1.25 bits per heavy atom. The van der Waals surface area contributed by atoms with Crippen LogP contribution in [0.25, 0.3) is 0 Å². The molecule has 0 fully saturated rings. The lowest BCUT2D eigenvalue weighted by molar-refractivity contribution is -0.117. The van der Waals surface area contributed by atoms with E-state index in [1.807, 2.05) is 0 Å². The van der Waals surface area contributed by atoms with Gasteiger partial charge in [0.25, 0.3) is 6.15 Å². The van der Waals surface area contributed by atoms with Crippen LogP contribution in [0, 0.1) is 11.2 Å². The van der Waals surface area contributed by atoms with E-state index >= 15 is 0 Å². The molecule has 0 aliphatic heterocycles. The zero-order valence-corrected chi connectivity index (χ0v) is 7.25. The molecule has 0 bridgehead atoms. The first-order chi connectivity index (χ1) is 5.39. The van der Waals surface area contributed by atoms with E-state index in [1.165, 1.54) is 5.97 Å². The summed E-state index contributed by atoms with van der Waals surface area (Å²) in [5.74, 6) is 1.53. The van der Waals surface area contributed by atoms with Crippen molar-refractivity contribution in [2.45, 2.75) is 20.8 Å². The fraction of sp³-hybridized carbons (Fsp3) is 0.429. The maximum atomic E-state index is 10.9. The van der Waals surface area contributed by atoms with Crippen LogP contribution in [0.1, 0.15) is 20.8 Å². The predicted molar refractivity (Wildman–Crippen MR) is 43.4 cm³/mol. The molecule has 0 aromatic heterocycles. The summed E-state index contributed by atoms with van der Waals surface area (Å²) in [5.41, 5.74) is -1.97. The Balaban J connectivity index is 5.39. The van der Waals surface area contributed by atoms with Gasteiger partial charge in [0.1, 0.15) is 0 Å². The smallest absolute Gasteiger partial charge is 0.295 e. The highest BCUT2D eigenvalue weighted by Gasteiger charge is 2.39. The van der Waals surface area contributed by atoms with Crippen molar-refractivity contribution >= 4 is 23.2 Å². The Bertz CT molecular complexity index is 253. The van der Waals surface area contributed by atoms with Crippen molar-refractivity contribution in [1.29, 1.82) is 5.26 Å². The van der Waals surface area contributed by atoms with Crippen molar-refractivity contribution in [3.8, 4) is 5.97 Å². The van der Waals surface area contributed by atoms with Crippen molar-refractivity contribution in [1.82, 2.24) is 0 Å². The summed E-state index contributed by atoms with van der Waals surface area (Å²) in [6.07, 6.45) is -2.76. The zero-order chi connectivity index (χ0) is 9.94. The van der Waals surface area contributed by atoms with Crippen LogP contribution in [0.15, 0.2) is 0 Å². The van der Waals surface area contributed by atoms with Crippen LogP contribution < -0.4 is 0 Å². The number of rotatable bonds is 3. The molecule has 0 amide bonds. The number of hydrogen-bond donors (Lipinski definition) is 0. The summed E-state index contributed by atoms with van der Waals surface area (Å²) in [6.45, 7) is 3.27. The van der Waals surface area contributed by atoms with E-state index in [0.29, 0.717) is 0 Å². The van der Waals surface area contributed by atoms with Crippen molar-refractivity contribution in [2.24, 2.45) is 0 Å². The lowest BCUT2D eigenvalue weighted by Crippen LogP contribution is -2.56. The van der Waals surface area contributed by atoms with Crippen molar-refractivity contribution in [3.63, 3.8) is 0 Å². The van der Waals surface area contributed by atoms with Gasteiger partial charge in [-0.3, -0.25) is 0 Å². The summed E-state index contributed by atoms with van der Waals surface area (Å²) < 4.78 is 0. The molecular formula is C7H9BNO3-. The topological polar surface area (TPSA) is 75.0 Å². The molecule has 5 heteroatoms. The van der Waals surface area contributed by atoms with E-state index in [1.54, 1.807) is 0 Å². The van der Waals surface area contributed by atoms with Gasteiger partial charge in [-0.1, -0.05) is 0 Å². The molecule has 12 heavy (non-hydrogen) atoms. The number of nitriles is 1. The first kappa shape index (κ1) is 10.6. The van der Waals surface area contributed by atoms with E-state index < -0.39 is 23.2 Å². The van der Waals surface area contributed by atoms with Crippen LogP contribution in [0.3, 0.4) is 0 Å². The van der Waals surface area contributed by atoms with E-state index in [4.69, 9.17) is 5.26 Å². The van der Waals surface area contributed by atoms with Crippen molar-refractivity contribution in [3.05, 3.63) is 0 Å². The Kier molecular flexibility index (Phi) is 2.91. The first-order valence-electron chi connectivity index (χ1n) is 3.49. The van der Waals surface area contributed by atoms with Crippen molar-refractivity contribution in [2.75, 3.05) is 0 Å². The summed E-state index contributed by atoms with van der Waals surface area (Å²) >= 11 is 0. The third-order valence-corrected chi connectivity index (χ3v) is 2.02. The van der Waals surface area contributed by atoms with Gasteiger partial charge in [-0.25, -0.2) is 5.26 Å². The highest BCUT2D eigenvalue weighted by Crippen LogP contribution is 2.06. The van der Waals surface area contributed by atoms with Crippen LogP contribution in [-0.4, -0.2) is 23.2 Å². The van der Waals surface area contributed by atoms with Crippen LogP contribution in [0.4, 0.5) is 0 Å². The first-order valence-corrected chi connectivity index (χ1v) is 3.49. The monoisotopic (exact) mass is 166 g/mol. The van der Waals surface area contributed by atoms with Gasteiger partial charge in [-0.05, 0) is 37.8 Å². The van der Waals surface area contributed by atoms with Gasteiger partial charge >= 0.3 is 0 Å². The molecule has 0 N–H and O–H groups in total. The Hall–Kier alpha value is -1.44. The third-order valence-electron chi connectivity index (χ3n) is 2.02. The van der Waals surface area contributed by atoms with E-state index in [-0.39, 0.29) is 0 Å². The maximum Gasteiger partial charge on any atom is 0.295 e. The van der Waals surface area contributed by atoms with E-state index in [2.05, 4.69) is 0 Å². The molecule has 0 saturated heterocycles. The van der Waals surface area contributed by atoms with Crippen LogP contribution >= 0.6 is 0 Å². The van der Waals surface area contributed by atoms with E-state index in [0.717, 1.165) is 20.8 Å². The molecule has 0 aromatic carbocycles. The molecule has 4 nitrogen and oxygen atoms in total. The zero-order valence-electron chi connectivity index (χ0n) is 7.25. The fourth-order valence-electron chi connectivity index (χ4n) is 1.13. The van der Waals surface area contributed by atoms with Crippen LogP contribution in [-0.2, 0) is 14.4 Å². The van der Waals surface area contributed by atoms with Gasteiger partial charge in [-0.2, -0.15) is 0 Å². The molecule has 0 heterocycles. The standard InChI is InChI=1S/C7H9BNO3/c1-5(10)8(4-9,6(2)11)7(3)12/h1-3H3/q-1. The largest absolute Gasteiger partial charge is 0.344 e. The van der Waals surface area contributed by atoms with Gasteiger partial charge in [-0.15, -0.1) is 5.97 Å². The third kappa shape index (κ3) is 1.28. The molecule has 0 aliphatic carbocycles. The second-order valence-corrected chi connectivity index (χ2v) is 2.83. The molecule has 0 atom stereocenters. The molecule has 0 spiro atoms. The van der Waals surface area contributed by atoms with Gasteiger partial charge < -0.3 is 14.4 Å². The number of carbonyl (C=O) groups is 3. The highest BCUT2D eigenvalue weighted by atomic mass is 16.2. The van der Waals surface area contributed by atoms with Gasteiger partial charge in [0.05, 0.1) is 0 Å². The summed E-state index contributed by atoms with van der Waals surface area (Å²) in [5, 5.41) is 8.60. The molecule has 64 valence electrons. The number of nitrogens with zero attached hydrogens (tertiary/aromatic N) is 1. The van der Waals surface area contributed by atoms with Crippen LogP contribution in [0.5, 0.6) is 0 Å². The highest BCUT2D eigenvalue weighted by molar-refractivity contribution is 7.44. The molecule has 0 radical (unpaired) electrons. The quantitative estimate of drug-likeness (QED) is 0.547. The number of hydrogen-bond acceptors (Lipinski definition) is 4. The molecule has 0 aromatic rings. The summed E-state index contributed by atoms with van der Waals surface area (Å²) in [6, 6.07) is 0. The molecule has 0 saturated carbocycles. The van der Waals surface area contributed by atoms with Crippen LogP contribution in [0.2, 0.25) is 0 Å². The second kappa shape index (κ2) is 3.31. The lowest BCUT2D eigenvalue weighted by atomic mass is 9.19. The minimum Gasteiger partial charge on any atom is -0.344 e. The Morgan fingerprint density at radius 1 is 1.00 bits per heavy atom. The normalized spacial score (nSPS) is 10.2. The minimum absolute atomic E-state index is 0.655. The van der Waals surface area contributed by atoms with Gasteiger partial charge in [0.15, 0.2) is 0 Å². The molecule has 0 unspecified atom stereocenters. The van der Waals surface area contributed by atoms with Crippen molar-refractivity contribution < 1.29 is 14.4 Å².